The minimum absolute atomic E-state index is 0.0801. The van der Waals surface area contributed by atoms with Crippen LogP contribution in [0.5, 0.6) is 0 Å². The number of hydrogen-bond acceptors (Lipinski definition) is 3. The highest BCUT2D eigenvalue weighted by atomic mass is 16.2. The molecule has 0 aliphatic carbocycles. The molecule has 4 rings (SSSR count). The molecule has 0 bridgehead atoms. The minimum atomic E-state index is -0.0801. The van der Waals surface area contributed by atoms with E-state index in [0.29, 0.717) is 6.54 Å². The van der Waals surface area contributed by atoms with E-state index in [1.165, 1.54) is 5.56 Å². The molecule has 0 saturated carbocycles. The normalized spacial score (nSPS) is 15.6. The number of likely N-dealkylation sites (tertiary alicyclic amines) is 1. The maximum atomic E-state index is 12.1. The summed E-state index contributed by atoms with van der Waals surface area (Å²) < 4.78 is 2.15. The molecule has 6 nitrogen and oxygen atoms in total. The van der Waals surface area contributed by atoms with Crippen LogP contribution in [0.1, 0.15) is 24.0 Å². The van der Waals surface area contributed by atoms with E-state index in [4.69, 9.17) is 0 Å². The van der Waals surface area contributed by atoms with Crippen LogP contribution in [0.3, 0.4) is 0 Å². The van der Waals surface area contributed by atoms with E-state index in [1.54, 1.807) is 0 Å². The van der Waals surface area contributed by atoms with Gasteiger partial charge in [-0.15, -0.1) is 0 Å². The van der Waals surface area contributed by atoms with Crippen LogP contribution in [0.4, 0.5) is 4.79 Å². The minimum Gasteiger partial charge on any atom is -0.335 e. The van der Waals surface area contributed by atoms with Crippen LogP contribution >= 0.6 is 0 Å². The number of nitrogens with one attached hydrogen (secondary N) is 2. The van der Waals surface area contributed by atoms with Gasteiger partial charge in [0.25, 0.3) is 0 Å². The molecule has 0 atom stereocenters. The second-order valence-electron chi connectivity index (χ2n) is 7.58. The van der Waals surface area contributed by atoms with Crippen LogP contribution in [-0.4, -0.2) is 46.7 Å². The Kier molecular flexibility index (Phi) is 5.58. The Morgan fingerprint density at radius 2 is 1.79 bits per heavy atom. The highest BCUT2D eigenvalue weighted by Gasteiger charge is 2.18. The molecule has 1 saturated heterocycles. The summed E-state index contributed by atoms with van der Waals surface area (Å²) in [7, 11) is 2.12. The Bertz CT molecular complexity index is 926. The molecule has 1 aliphatic heterocycles. The van der Waals surface area contributed by atoms with Crippen LogP contribution in [-0.2, 0) is 13.1 Å². The molecule has 1 aromatic heterocycles. The van der Waals surface area contributed by atoms with Gasteiger partial charge < -0.3 is 20.1 Å². The summed E-state index contributed by atoms with van der Waals surface area (Å²) in [6, 6.07) is 16.7. The zero-order valence-electron chi connectivity index (χ0n) is 16.3. The molecular formula is C22H27N5O. The van der Waals surface area contributed by atoms with Crippen molar-refractivity contribution in [1.29, 1.82) is 0 Å². The maximum absolute atomic E-state index is 12.1. The first kappa shape index (κ1) is 18.5. The van der Waals surface area contributed by atoms with Crippen molar-refractivity contribution >= 4 is 17.1 Å². The van der Waals surface area contributed by atoms with E-state index >= 15 is 0 Å². The zero-order chi connectivity index (χ0) is 19.3. The van der Waals surface area contributed by atoms with E-state index in [1.807, 2.05) is 24.5 Å². The van der Waals surface area contributed by atoms with Gasteiger partial charge in [0.1, 0.15) is 0 Å². The number of aromatic nitrogens is 2. The molecule has 2 N–H and O–H groups in total. The summed E-state index contributed by atoms with van der Waals surface area (Å²) in [5, 5.41) is 6.05. The van der Waals surface area contributed by atoms with Crippen LogP contribution < -0.4 is 10.6 Å². The lowest BCUT2D eigenvalue weighted by molar-refractivity contribution is 0.213. The number of fused-ring (bicyclic) bond motifs is 1. The summed E-state index contributed by atoms with van der Waals surface area (Å²) in [5.74, 6) is 0. The van der Waals surface area contributed by atoms with Crippen molar-refractivity contribution in [3.05, 3.63) is 66.0 Å². The Balaban J connectivity index is 1.28. The van der Waals surface area contributed by atoms with E-state index < -0.39 is 0 Å². The van der Waals surface area contributed by atoms with E-state index in [-0.39, 0.29) is 12.1 Å². The fraction of sp³-hybridized carbons (Fsp3) is 0.364. The van der Waals surface area contributed by atoms with Gasteiger partial charge in [0.05, 0.1) is 17.4 Å². The number of imidazole rings is 1. The number of benzene rings is 2. The molecule has 0 spiro atoms. The van der Waals surface area contributed by atoms with Gasteiger partial charge in [-0.05, 0) is 56.2 Å². The lowest BCUT2D eigenvalue weighted by Crippen LogP contribution is -2.46. The molecule has 2 heterocycles. The maximum Gasteiger partial charge on any atom is 0.315 e. The van der Waals surface area contributed by atoms with Gasteiger partial charge in [0, 0.05) is 19.1 Å². The molecule has 0 radical (unpaired) electrons. The monoisotopic (exact) mass is 377 g/mol. The predicted molar refractivity (Wildman–Crippen MR) is 111 cm³/mol. The molecule has 6 heteroatoms. The largest absolute Gasteiger partial charge is 0.335 e. The van der Waals surface area contributed by atoms with E-state index in [9.17, 15) is 4.79 Å². The zero-order valence-corrected chi connectivity index (χ0v) is 16.3. The molecule has 28 heavy (non-hydrogen) atoms. The van der Waals surface area contributed by atoms with Crippen molar-refractivity contribution in [3.63, 3.8) is 0 Å². The third kappa shape index (κ3) is 4.51. The lowest BCUT2D eigenvalue weighted by atomic mass is 10.1. The van der Waals surface area contributed by atoms with Gasteiger partial charge in [0.2, 0.25) is 0 Å². The SMILES string of the molecule is CN1CCC(NC(=O)NCc2ccc(Cn3cnc4ccccc43)cc2)CC1. The van der Waals surface area contributed by atoms with Gasteiger partial charge in [-0.1, -0.05) is 36.4 Å². The topological polar surface area (TPSA) is 62.2 Å². The van der Waals surface area contributed by atoms with Gasteiger partial charge in [-0.25, -0.2) is 9.78 Å². The average molecular weight is 377 g/mol. The molecule has 1 fully saturated rings. The first-order valence-corrected chi connectivity index (χ1v) is 9.88. The van der Waals surface area contributed by atoms with Gasteiger partial charge in [-0.2, -0.15) is 0 Å². The number of para-hydroxylation sites is 2. The smallest absolute Gasteiger partial charge is 0.315 e. The second-order valence-corrected chi connectivity index (χ2v) is 7.58. The fourth-order valence-electron chi connectivity index (χ4n) is 3.67. The number of carbonyl (C=O) groups is 1. The number of amides is 2. The molecule has 3 aromatic rings. The standard InChI is InChI=1S/C22H27N5O/c1-26-12-10-19(11-13-26)25-22(28)23-14-17-6-8-18(9-7-17)15-27-16-24-20-4-2-3-5-21(20)27/h2-9,16,19H,10-15H2,1H3,(H2,23,25,28). The van der Waals surface area contributed by atoms with Crippen molar-refractivity contribution in [2.24, 2.45) is 0 Å². The summed E-state index contributed by atoms with van der Waals surface area (Å²) in [4.78, 5) is 18.9. The predicted octanol–water partition coefficient (Wildman–Crippen LogP) is 2.98. The number of rotatable bonds is 5. The Morgan fingerprint density at radius 1 is 1.07 bits per heavy atom. The first-order valence-electron chi connectivity index (χ1n) is 9.88. The van der Waals surface area contributed by atoms with Crippen LogP contribution in [0.15, 0.2) is 54.9 Å². The van der Waals surface area contributed by atoms with Gasteiger partial charge in [-0.3, -0.25) is 0 Å². The van der Waals surface area contributed by atoms with Crippen molar-refractivity contribution in [3.8, 4) is 0 Å². The van der Waals surface area contributed by atoms with Gasteiger partial charge in [0.15, 0.2) is 0 Å². The quantitative estimate of drug-likeness (QED) is 0.719. The second kappa shape index (κ2) is 8.44. The first-order chi connectivity index (χ1) is 13.7. The fourth-order valence-corrected chi connectivity index (χ4v) is 3.67. The summed E-state index contributed by atoms with van der Waals surface area (Å²) >= 11 is 0. The summed E-state index contributed by atoms with van der Waals surface area (Å²) in [6.07, 6.45) is 3.91. The van der Waals surface area contributed by atoms with Crippen molar-refractivity contribution in [1.82, 2.24) is 25.1 Å². The third-order valence-electron chi connectivity index (χ3n) is 5.41. The van der Waals surface area contributed by atoms with Crippen LogP contribution in [0.25, 0.3) is 11.0 Å². The number of hydrogen-bond donors (Lipinski definition) is 2. The Hall–Kier alpha value is -2.86. The third-order valence-corrected chi connectivity index (χ3v) is 5.41. The van der Waals surface area contributed by atoms with Crippen LogP contribution in [0.2, 0.25) is 0 Å². The molecule has 0 unspecified atom stereocenters. The van der Waals surface area contributed by atoms with Gasteiger partial charge >= 0.3 is 6.03 Å². The van der Waals surface area contributed by atoms with Crippen molar-refractivity contribution in [2.75, 3.05) is 20.1 Å². The van der Waals surface area contributed by atoms with E-state index in [2.05, 4.69) is 62.5 Å². The average Bonchev–Trinajstić information content (AvgIpc) is 3.12. The highest BCUT2D eigenvalue weighted by molar-refractivity contribution is 5.75. The summed E-state index contributed by atoms with van der Waals surface area (Å²) in [5.41, 5.74) is 4.46. The van der Waals surface area contributed by atoms with Crippen LogP contribution in [0, 0.1) is 0 Å². The lowest BCUT2D eigenvalue weighted by Gasteiger charge is -2.29. The summed E-state index contributed by atoms with van der Waals surface area (Å²) in [6.45, 7) is 3.40. The number of carbonyl (C=O) groups excluding carboxylic acids is 1. The number of nitrogens with zero attached hydrogens (tertiary/aromatic N) is 3. The molecule has 2 aromatic carbocycles. The molecule has 2 amide bonds. The highest BCUT2D eigenvalue weighted by Crippen LogP contribution is 2.14. The molecular weight excluding hydrogens is 350 g/mol. The Morgan fingerprint density at radius 3 is 2.57 bits per heavy atom. The van der Waals surface area contributed by atoms with Crippen molar-refractivity contribution < 1.29 is 4.79 Å². The van der Waals surface area contributed by atoms with Crippen molar-refractivity contribution in [2.45, 2.75) is 32.0 Å². The number of urea groups is 1. The number of piperidine rings is 1. The molecule has 146 valence electrons. The molecule has 1 aliphatic rings. The van der Waals surface area contributed by atoms with E-state index in [0.717, 1.165) is 49.1 Å². The Labute approximate surface area is 165 Å².